The second kappa shape index (κ2) is 7.63. The number of aromatic amines is 1. The van der Waals surface area contributed by atoms with Crippen molar-refractivity contribution in [1.82, 2.24) is 15.1 Å². The summed E-state index contributed by atoms with van der Waals surface area (Å²) in [6.07, 6.45) is 0.755. The molecule has 2 N–H and O–H groups in total. The molecule has 0 unspecified atom stereocenters. The van der Waals surface area contributed by atoms with Crippen molar-refractivity contribution in [3.8, 4) is 0 Å². The van der Waals surface area contributed by atoms with Crippen LogP contribution < -0.4 is 5.32 Å². The molecule has 1 aromatic heterocycles. The van der Waals surface area contributed by atoms with Crippen LogP contribution in [0.1, 0.15) is 32.0 Å². The summed E-state index contributed by atoms with van der Waals surface area (Å²) >= 11 is 5.81. The van der Waals surface area contributed by atoms with Crippen molar-refractivity contribution in [3.63, 3.8) is 0 Å². The van der Waals surface area contributed by atoms with Gasteiger partial charge >= 0.3 is 0 Å². The maximum Gasteiger partial charge on any atom is 0.274 e. The van der Waals surface area contributed by atoms with Gasteiger partial charge in [-0.25, -0.2) is 8.78 Å². The third kappa shape index (κ3) is 3.84. The summed E-state index contributed by atoms with van der Waals surface area (Å²) in [6.45, 7) is 1.04. The number of anilines is 1. The van der Waals surface area contributed by atoms with Crippen molar-refractivity contribution in [2.24, 2.45) is 0 Å². The second-order valence-electron chi connectivity index (χ2n) is 6.61. The Morgan fingerprint density at radius 2 is 1.83 bits per heavy atom. The average Bonchev–Trinajstić information content (AvgIpc) is 3.18. The van der Waals surface area contributed by atoms with E-state index in [0.717, 1.165) is 18.1 Å². The number of hydrogen-bond donors (Lipinski definition) is 2. The molecular formula is C20H15ClF2N4O2. The zero-order valence-corrected chi connectivity index (χ0v) is 15.8. The largest absolute Gasteiger partial charge is 0.333 e. The summed E-state index contributed by atoms with van der Waals surface area (Å²) in [5, 5.41) is 8.71. The normalized spacial score (nSPS) is 13.1. The van der Waals surface area contributed by atoms with Gasteiger partial charge in [-0.1, -0.05) is 35.9 Å². The Morgan fingerprint density at radius 1 is 1.10 bits per heavy atom. The molecule has 6 nitrogen and oxygen atoms in total. The lowest BCUT2D eigenvalue weighted by Crippen LogP contribution is -2.36. The van der Waals surface area contributed by atoms with Crippen LogP contribution in [0.15, 0.2) is 42.5 Å². The Morgan fingerprint density at radius 3 is 2.62 bits per heavy atom. The lowest BCUT2D eigenvalue weighted by molar-refractivity contribution is 0.0728. The Balaban J connectivity index is 1.47. The van der Waals surface area contributed by atoms with E-state index in [1.54, 1.807) is 4.90 Å². The van der Waals surface area contributed by atoms with Crippen LogP contribution in [0.5, 0.6) is 0 Å². The first-order valence-corrected chi connectivity index (χ1v) is 9.17. The highest BCUT2D eigenvalue weighted by Crippen LogP contribution is 2.22. The molecular weight excluding hydrogens is 402 g/mol. The molecule has 9 heteroatoms. The second-order valence-corrected chi connectivity index (χ2v) is 7.02. The highest BCUT2D eigenvalue weighted by molar-refractivity contribution is 6.34. The van der Waals surface area contributed by atoms with Crippen LogP contribution in [0.4, 0.5) is 14.6 Å². The SMILES string of the molecule is O=C(Nc1cc(C(=O)N2CCc3ccccc3C2)n[nH]1)c1cc(F)c(F)cc1Cl. The van der Waals surface area contributed by atoms with Crippen LogP contribution in [-0.2, 0) is 13.0 Å². The zero-order chi connectivity index (χ0) is 20.5. The molecule has 0 spiro atoms. The van der Waals surface area contributed by atoms with E-state index in [1.165, 1.54) is 11.6 Å². The molecule has 0 fully saturated rings. The number of hydrogen-bond acceptors (Lipinski definition) is 3. The lowest BCUT2D eigenvalue weighted by atomic mass is 10.00. The average molecular weight is 417 g/mol. The van der Waals surface area contributed by atoms with Gasteiger partial charge in [0.15, 0.2) is 17.3 Å². The van der Waals surface area contributed by atoms with Crippen LogP contribution in [0.3, 0.4) is 0 Å². The standard InChI is InChI=1S/C20H15ClF2N4O2/c21-14-8-16(23)15(22)7-13(14)19(28)24-18-9-17(25-26-18)20(29)27-6-5-11-3-1-2-4-12(11)10-27/h1-4,7-9H,5-6,10H2,(H2,24,25,26,28). The third-order valence-electron chi connectivity index (χ3n) is 4.72. The number of carbonyl (C=O) groups is 2. The number of halogens is 3. The van der Waals surface area contributed by atoms with E-state index in [1.807, 2.05) is 24.3 Å². The summed E-state index contributed by atoms with van der Waals surface area (Å²) in [7, 11) is 0. The van der Waals surface area contributed by atoms with Crippen molar-refractivity contribution in [2.45, 2.75) is 13.0 Å². The fourth-order valence-corrected chi connectivity index (χ4v) is 3.45. The predicted molar refractivity (Wildman–Crippen MR) is 103 cm³/mol. The van der Waals surface area contributed by atoms with Gasteiger partial charge in [0, 0.05) is 19.2 Å². The molecule has 0 saturated carbocycles. The van der Waals surface area contributed by atoms with E-state index in [-0.39, 0.29) is 28.0 Å². The third-order valence-corrected chi connectivity index (χ3v) is 5.03. The van der Waals surface area contributed by atoms with E-state index >= 15 is 0 Å². The van der Waals surface area contributed by atoms with Crippen molar-refractivity contribution >= 4 is 29.2 Å². The Kier molecular flexibility index (Phi) is 5.02. The minimum absolute atomic E-state index is 0.135. The van der Waals surface area contributed by atoms with Crippen molar-refractivity contribution < 1.29 is 18.4 Å². The highest BCUT2D eigenvalue weighted by atomic mass is 35.5. The Labute approximate surface area is 169 Å². The monoisotopic (exact) mass is 416 g/mol. The molecule has 29 heavy (non-hydrogen) atoms. The molecule has 0 radical (unpaired) electrons. The van der Waals surface area contributed by atoms with Crippen LogP contribution in [0, 0.1) is 11.6 Å². The maximum absolute atomic E-state index is 13.4. The fraction of sp³-hybridized carbons (Fsp3) is 0.150. The molecule has 0 atom stereocenters. The van der Waals surface area contributed by atoms with Gasteiger partial charge in [-0.2, -0.15) is 5.10 Å². The van der Waals surface area contributed by atoms with Crippen molar-refractivity contribution in [2.75, 3.05) is 11.9 Å². The Bertz CT molecular complexity index is 1120. The number of amides is 2. The van der Waals surface area contributed by atoms with Gasteiger partial charge in [0.2, 0.25) is 0 Å². The number of carbonyl (C=O) groups excluding carboxylic acids is 2. The van der Waals surface area contributed by atoms with E-state index < -0.39 is 17.5 Å². The number of fused-ring (bicyclic) bond motifs is 1. The summed E-state index contributed by atoms with van der Waals surface area (Å²) in [5.74, 6) is -3.24. The maximum atomic E-state index is 13.4. The fourth-order valence-electron chi connectivity index (χ4n) is 3.21. The zero-order valence-electron chi connectivity index (χ0n) is 15.0. The molecule has 0 saturated heterocycles. The molecule has 0 bridgehead atoms. The minimum atomic E-state index is -1.19. The van der Waals surface area contributed by atoms with Gasteiger partial charge in [-0.15, -0.1) is 0 Å². The van der Waals surface area contributed by atoms with Crippen LogP contribution in [0.25, 0.3) is 0 Å². The first-order chi connectivity index (χ1) is 13.9. The molecule has 0 aliphatic carbocycles. The smallest absolute Gasteiger partial charge is 0.274 e. The van der Waals surface area contributed by atoms with Gasteiger partial charge in [0.25, 0.3) is 11.8 Å². The number of nitrogens with zero attached hydrogens (tertiary/aromatic N) is 2. The molecule has 2 heterocycles. The lowest BCUT2D eigenvalue weighted by Gasteiger charge is -2.28. The molecule has 3 aromatic rings. The van der Waals surface area contributed by atoms with Gasteiger partial charge in [0.1, 0.15) is 5.82 Å². The molecule has 148 valence electrons. The topological polar surface area (TPSA) is 78.1 Å². The van der Waals surface area contributed by atoms with Crippen LogP contribution >= 0.6 is 11.6 Å². The van der Waals surface area contributed by atoms with E-state index in [2.05, 4.69) is 15.5 Å². The van der Waals surface area contributed by atoms with Crippen molar-refractivity contribution in [1.29, 1.82) is 0 Å². The quantitative estimate of drug-likeness (QED) is 0.638. The van der Waals surface area contributed by atoms with Crippen molar-refractivity contribution in [3.05, 3.63) is 81.5 Å². The summed E-state index contributed by atoms with van der Waals surface area (Å²) in [5.41, 5.74) is 2.20. The summed E-state index contributed by atoms with van der Waals surface area (Å²) in [6, 6.07) is 10.7. The van der Waals surface area contributed by atoms with Gasteiger partial charge < -0.3 is 10.2 Å². The number of H-pyrrole nitrogens is 1. The number of nitrogens with one attached hydrogen (secondary N) is 2. The van der Waals surface area contributed by atoms with Crippen LogP contribution in [0.2, 0.25) is 5.02 Å². The number of aromatic nitrogens is 2. The first-order valence-electron chi connectivity index (χ1n) is 8.79. The first kappa shape index (κ1) is 19.1. The number of rotatable bonds is 3. The van der Waals surface area contributed by atoms with E-state index in [9.17, 15) is 18.4 Å². The minimum Gasteiger partial charge on any atom is -0.333 e. The highest BCUT2D eigenvalue weighted by Gasteiger charge is 2.24. The van der Waals surface area contributed by atoms with Gasteiger partial charge in [-0.3, -0.25) is 14.7 Å². The molecule has 1 aliphatic rings. The number of benzene rings is 2. The molecule has 2 aromatic carbocycles. The summed E-state index contributed by atoms with van der Waals surface area (Å²) < 4.78 is 26.6. The predicted octanol–water partition coefficient (Wildman–Crippen LogP) is 3.79. The van der Waals surface area contributed by atoms with Gasteiger partial charge in [0.05, 0.1) is 10.6 Å². The van der Waals surface area contributed by atoms with E-state index in [4.69, 9.17) is 11.6 Å². The van der Waals surface area contributed by atoms with E-state index in [0.29, 0.717) is 19.2 Å². The Hall–Kier alpha value is -3.26. The molecule has 2 amide bonds. The van der Waals surface area contributed by atoms with Gasteiger partial charge in [-0.05, 0) is 29.7 Å². The summed E-state index contributed by atoms with van der Waals surface area (Å²) in [4.78, 5) is 26.7. The molecule has 4 rings (SSSR count). The van der Waals surface area contributed by atoms with Crippen LogP contribution in [-0.4, -0.2) is 33.5 Å². The molecule has 1 aliphatic heterocycles.